The number of aliphatic hydroxyl groups excluding tert-OH is 1. The molecule has 10 heteroatoms. The lowest BCUT2D eigenvalue weighted by atomic mass is 9.70. The molecule has 3 aliphatic heterocycles. The Balaban J connectivity index is 1.89. The normalized spacial score (nSPS) is 29.4. The van der Waals surface area contributed by atoms with Crippen LogP contribution in [0.1, 0.15) is 32.3 Å². The van der Waals surface area contributed by atoms with Crippen LogP contribution in [0.4, 0.5) is 5.69 Å². The molecule has 1 spiro atoms. The van der Waals surface area contributed by atoms with Gasteiger partial charge in [-0.3, -0.25) is 14.4 Å². The maximum atomic E-state index is 14.9. The first-order chi connectivity index (χ1) is 18.9. The Kier molecular flexibility index (Phi) is 9.49. The first-order valence-corrected chi connectivity index (χ1v) is 15.9. The van der Waals surface area contributed by atoms with Crippen LogP contribution in [0.25, 0.3) is 0 Å². The van der Waals surface area contributed by atoms with Gasteiger partial charge >= 0.3 is 0 Å². The molecule has 4 rings (SSSR count). The Bertz CT molecular complexity index is 1180. The summed E-state index contributed by atoms with van der Waals surface area (Å²) in [4.78, 5) is 48.0. The number of halogens is 2. The molecule has 218 valence electrons. The first-order valence-electron chi connectivity index (χ1n) is 13.7. The van der Waals surface area contributed by atoms with Crippen molar-refractivity contribution in [1.29, 1.82) is 0 Å². The molecule has 0 aliphatic carbocycles. The molecular weight excluding hydrogens is 614 g/mol. The van der Waals surface area contributed by atoms with Crippen LogP contribution in [0, 0.1) is 24.7 Å². The number of para-hydroxylation sites is 1. The summed E-state index contributed by atoms with van der Waals surface area (Å²) < 4.78 is -0.832. The van der Waals surface area contributed by atoms with E-state index < -0.39 is 28.7 Å². The number of hydrogen-bond donors (Lipinski definition) is 1. The minimum absolute atomic E-state index is 0.0459. The van der Waals surface area contributed by atoms with Gasteiger partial charge in [0.05, 0.1) is 39.9 Å². The molecule has 0 radical (unpaired) electrons. The standard InChI is InChI=1S/C30H39BrClN3O4S/c1-7-12-33(6)27(37)22-23-28(38)35(19(16-36)14-17(3)4)26(30(23)15-20(31)25(22)40-30)29(39)34(13-8-2)24-18(5)10-9-11-21(24)32/h7-11,17,19-20,22-23,25-26,36H,1-2,12-16H2,3-6H3/t19-,20?,22+,23+,25+,26?,30?/m1/s1. The largest absolute Gasteiger partial charge is 0.394 e. The van der Waals surface area contributed by atoms with Gasteiger partial charge in [-0.05, 0) is 37.3 Å². The highest BCUT2D eigenvalue weighted by molar-refractivity contribution is 9.09. The van der Waals surface area contributed by atoms with E-state index >= 15 is 0 Å². The molecule has 3 unspecified atom stereocenters. The summed E-state index contributed by atoms with van der Waals surface area (Å²) in [6.07, 6.45) is 4.40. The van der Waals surface area contributed by atoms with Gasteiger partial charge in [0.2, 0.25) is 11.8 Å². The van der Waals surface area contributed by atoms with E-state index in [9.17, 15) is 19.5 Å². The zero-order chi connectivity index (χ0) is 29.5. The molecule has 2 bridgehead atoms. The molecule has 40 heavy (non-hydrogen) atoms. The van der Waals surface area contributed by atoms with E-state index in [0.29, 0.717) is 30.1 Å². The van der Waals surface area contributed by atoms with Gasteiger partial charge in [0, 0.05) is 30.2 Å². The second-order valence-corrected chi connectivity index (χ2v) is 14.6. The fraction of sp³-hybridized carbons (Fsp3) is 0.567. The summed E-state index contributed by atoms with van der Waals surface area (Å²) in [5, 5.41) is 10.8. The van der Waals surface area contributed by atoms with Crippen LogP contribution in [-0.2, 0) is 14.4 Å². The number of hydrogen-bond acceptors (Lipinski definition) is 5. The summed E-state index contributed by atoms with van der Waals surface area (Å²) in [7, 11) is 1.72. The predicted octanol–water partition coefficient (Wildman–Crippen LogP) is 4.68. The van der Waals surface area contributed by atoms with Crippen molar-refractivity contribution >= 4 is 62.7 Å². The Morgan fingerprint density at radius 1 is 1.27 bits per heavy atom. The van der Waals surface area contributed by atoms with Crippen LogP contribution in [0.3, 0.4) is 0 Å². The highest BCUT2D eigenvalue weighted by Crippen LogP contribution is 2.68. The van der Waals surface area contributed by atoms with E-state index in [4.69, 9.17) is 11.6 Å². The number of likely N-dealkylation sites (tertiary alicyclic amines) is 1. The van der Waals surface area contributed by atoms with Gasteiger partial charge in [-0.25, -0.2) is 0 Å². The molecular formula is C30H39BrClN3O4S. The van der Waals surface area contributed by atoms with E-state index in [-0.39, 0.29) is 46.9 Å². The van der Waals surface area contributed by atoms with Gasteiger partial charge < -0.3 is 19.8 Å². The Hall–Kier alpha value is -1.81. The molecule has 3 fully saturated rings. The lowest BCUT2D eigenvalue weighted by Crippen LogP contribution is -2.58. The number of amides is 3. The van der Waals surface area contributed by atoms with E-state index in [2.05, 4.69) is 29.1 Å². The number of aliphatic hydroxyl groups is 1. The number of carbonyl (C=O) groups is 3. The number of alkyl halides is 1. The first kappa shape index (κ1) is 31.1. The fourth-order valence-electron chi connectivity index (χ4n) is 6.91. The third-order valence-electron chi connectivity index (χ3n) is 8.41. The zero-order valence-electron chi connectivity index (χ0n) is 23.6. The third-order valence-corrected chi connectivity index (χ3v) is 11.9. The molecule has 0 aromatic heterocycles. The van der Waals surface area contributed by atoms with Crippen molar-refractivity contribution in [3.8, 4) is 0 Å². The van der Waals surface area contributed by atoms with Crippen molar-refractivity contribution in [3.63, 3.8) is 0 Å². The van der Waals surface area contributed by atoms with E-state index in [0.717, 1.165) is 5.56 Å². The maximum absolute atomic E-state index is 14.9. The number of carbonyl (C=O) groups excluding carboxylic acids is 3. The Morgan fingerprint density at radius 2 is 1.95 bits per heavy atom. The summed E-state index contributed by atoms with van der Waals surface area (Å²) in [6, 6.07) is 4.04. The second-order valence-electron chi connectivity index (χ2n) is 11.5. The van der Waals surface area contributed by atoms with E-state index in [1.165, 1.54) is 0 Å². The molecule has 1 aromatic rings. The minimum atomic E-state index is -0.880. The molecule has 3 saturated heterocycles. The number of rotatable bonds is 11. The smallest absolute Gasteiger partial charge is 0.251 e. The van der Waals surface area contributed by atoms with Gasteiger partial charge in [0.25, 0.3) is 5.91 Å². The minimum Gasteiger partial charge on any atom is -0.394 e. The Morgan fingerprint density at radius 3 is 2.52 bits per heavy atom. The van der Waals surface area contributed by atoms with Crippen molar-refractivity contribution in [1.82, 2.24) is 9.80 Å². The molecule has 7 nitrogen and oxygen atoms in total. The summed E-state index contributed by atoms with van der Waals surface area (Å²) in [5.41, 5.74) is 1.41. The monoisotopic (exact) mass is 651 g/mol. The quantitative estimate of drug-likeness (QED) is 0.277. The van der Waals surface area contributed by atoms with Crippen molar-refractivity contribution < 1.29 is 19.5 Å². The highest BCUT2D eigenvalue weighted by atomic mass is 79.9. The number of likely N-dealkylation sites (N-methyl/N-ethyl adjacent to an activating group) is 1. The summed E-state index contributed by atoms with van der Waals surface area (Å²) in [6.45, 7) is 13.9. The fourth-order valence-corrected chi connectivity index (χ4v) is 10.8. The van der Waals surface area contributed by atoms with Crippen LogP contribution in [0.15, 0.2) is 43.5 Å². The van der Waals surface area contributed by atoms with Gasteiger partial charge in [0.15, 0.2) is 0 Å². The van der Waals surface area contributed by atoms with Crippen molar-refractivity contribution in [3.05, 3.63) is 54.1 Å². The van der Waals surface area contributed by atoms with Crippen molar-refractivity contribution in [2.45, 2.75) is 60.5 Å². The average molecular weight is 653 g/mol. The molecule has 1 aromatic carbocycles. The molecule has 7 atom stereocenters. The van der Waals surface area contributed by atoms with Gasteiger partial charge in [-0.15, -0.1) is 24.9 Å². The van der Waals surface area contributed by atoms with Crippen LogP contribution >= 0.6 is 39.3 Å². The van der Waals surface area contributed by atoms with Crippen LogP contribution in [0.2, 0.25) is 5.02 Å². The highest BCUT2D eigenvalue weighted by Gasteiger charge is 2.76. The van der Waals surface area contributed by atoms with Crippen LogP contribution < -0.4 is 4.90 Å². The van der Waals surface area contributed by atoms with Crippen LogP contribution in [0.5, 0.6) is 0 Å². The predicted molar refractivity (Wildman–Crippen MR) is 166 cm³/mol. The van der Waals surface area contributed by atoms with Gasteiger partial charge in [-0.2, -0.15) is 0 Å². The number of nitrogens with zero attached hydrogens (tertiary/aromatic N) is 3. The molecule has 3 heterocycles. The number of aryl methyl sites for hydroxylation is 1. The number of fused-ring (bicyclic) bond motifs is 1. The Labute approximate surface area is 255 Å². The molecule has 3 aliphatic rings. The number of thioether (sulfide) groups is 1. The number of benzene rings is 1. The van der Waals surface area contributed by atoms with Gasteiger partial charge in [0.1, 0.15) is 6.04 Å². The molecule has 0 saturated carbocycles. The molecule has 1 N–H and O–H groups in total. The van der Waals surface area contributed by atoms with E-state index in [1.807, 2.05) is 32.9 Å². The summed E-state index contributed by atoms with van der Waals surface area (Å²) in [5.74, 6) is -1.71. The second kappa shape index (κ2) is 12.2. The third kappa shape index (κ3) is 5.05. The summed E-state index contributed by atoms with van der Waals surface area (Å²) >= 11 is 12.1. The number of anilines is 1. The molecule has 3 amide bonds. The SMILES string of the molecule is C=CCN(C)C(=O)[C@H]1[C@H]2C(=O)N([C@@H](CO)CC(C)C)C(C(=O)N(CC=C)c3c(C)cccc3Cl)C23CC(Br)[C@@H]1S3. The van der Waals surface area contributed by atoms with Crippen LogP contribution in [-0.4, -0.2) is 86.3 Å². The lowest BCUT2D eigenvalue weighted by Gasteiger charge is -2.40. The van der Waals surface area contributed by atoms with Gasteiger partial charge in [-0.1, -0.05) is 65.7 Å². The van der Waals surface area contributed by atoms with Crippen molar-refractivity contribution in [2.75, 3.05) is 31.6 Å². The maximum Gasteiger partial charge on any atom is 0.251 e. The topological polar surface area (TPSA) is 81.2 Å². The van der Waals surface area contributed by atoms with E-state index in [1.54, 1.807) is 51.7 Å². The zero-order valence-corrected chi connectivity index (χ0v) is 26.7. The average Bonchev–Trinajstić information content (AvgIpc) is 3.49. The lowest BCUT2D eigenvalue weighted by molar-refractivity contribution is -0.145. The van der Waals surface area contributed by atoms with Crippen molar-refractivity contribution in [2.24, 2.45) is 17.8 Å².